The normalized spacial score (nSPS) is 12.0. The van der Waals surface area contributed by atoms with Gasteiger partial charge in [-0.05, 0) is 38.9 Å². The van der Waals surface area contributed by atoms with Crippen molar-refractivity contribution in [1.29, 1.82) is 0 Å². The van der Waals surface area contributed by atoms with Gasteiger partial charge in [0.25, 0.3) is 0 Å². The van der Waals surface area contributed by atoms with Crippen LogP contribution in [-0.4, -0.2) is 38.8 Å². The zero-order valence-corrected chi connectivity index (χ0v) is 13.0. The maximum Gasteiger partial charge on any atom is 0.322 e. The Kier molecular flexibility index (Phi) is 7.09. The van der Waals surface area contributed by atoms with Crippen LogP contribution in [0.2, 0.25) is 0 Å². The maximum absolute atomic E-state index is 11.7. The number of rotatable bonds is 8. The van der Waals surface area contributed by atoms with Crippen LogP contribution in [-0.2, 0) is 9.53 Å². The van der Waals surface area contributed by atoms with Crippen LogP contribution in [0.15, 0.2) is 24.3 Å². The van der Waals surface area contributed by atoms with Crippen LogP contribution in [0.3, 0.4) is 0 Å². The highest BCUT2D eigenvalue weighted by molar-refractivity contribution is 5.75. The Labute approximate surface area is 122 Å². The zero-order valence-electron chi connectivity index (χ0n) is 13.0. The van der Waals surface area contributed by atoms with Gasteiger partial charge in [0, 0.05) is 18.8 Å². The molecule has 0 aliphatic heterocycles. The summed E-state index contributed by atoms with van der Waals surface area (Å²) in [6, 6.07) is 8.24. The first kappa shape index (κ1) is 16.5. The minimum absolute atomic E-state index is 0.188. The average molecular weight is 278 g/mol. The van der Waals surface area contributed by atoms with Crippen molar-refractivity contribution in [3.8, 4) is 0 Å². The summed E-state index contributed by atoms with van der Waals surface area (Å²) in [5.74, 6) is -0.188. The van der Waals surface area contributed by atoms with Gasteiger partial charge in [-0.15, -0.1) is 0 Å². The average Bonchev–Trinajstić information content (AvgIpc) is 2.47. The zero-order chi connectivity index (χ0) is 15.0. The summed E-state index contributed by atoms with van der Waals surface area (Å²) in [6.45, 7) is 8.71. The van der Waals surface area contributed by atoms with Crippen molar-refractivity contribution in [3.05, 3.63) is 29.8 Å². The van der Waals surface area contributed by atoms with Crippen molar-refractivity contribution in [2.75, 3.05) is 31.6 Å². The molecular formula is C16H26N2O2. The Hall–Kier alpha value is -1.55. The first-order valence-corrected chi connectivity index (χ1v) is 7.25. The molecule has 0 spiro atoms. The molecule has 1 aromatic carbocycles. The number of methoxy groups -OCH3 is 1. The van der Waals surface area contributed by atoms with E-state index in [-0.39, 0.29) is 12.0 Å². The second-order valence-electron chi connectivity index (χ2n) is 4.84. The Morgan fingerprint density at radius 3 is 2.45 bits per heavy atom. The minimum atomic E-state index is -0.232. The Morgan fingerprint density at radius 2 is 1.95 bits per heavy atom. The number of hydrogen-bond donors (Lipinski definition) is 1. The number of anilines is 1. The molecule has 1 atom stereocenters. The molecule has 0 aromatic heterocycles. The van der Waals surface area contributed by atoms with Crippen LogP contribution in [0.4, 0.5) is 5.69 Å². The van der Waals surface area contributed by atoms with E-state index in [1.54, 1.807) is 0 Å². The second kappa shape index (κ2) is 8.59. The van der Waals surface area contributed by atoms with Crippen LogP contribution in [0.1, 0.15) is 25.8 Å². The van der Waals surface area contributed by atoms with Gasteiger partial charge in [-0.1, -0.05) is 24.6 Å². The largest absolute Gasteiger partial charge is 0.468 e. The van der Waals surface area contributed by atoms with Crippen molar-refractivity contribution in [2.45, 2.75) is 33.2 Å². The molecule has 0 aliphatic carbocycles. The number of aryl methyl sites for hydroxylation is 1. The van der Waals surface area contributed by atoms with Crippen LogP contribution in [0, 0.1) is 6.92 Å². The highest BCUT2D eigenvalue weighted by Gasteiger charge is 2.18. The number of nitrogens with zero attached hydrogens (tertiary/aromatic N) is 1. The van der Waals surface area contributed by atoms with Crippen LogP contribution in [0.25, 0.3) is 0 Å². The molecule has 0 fully saturated rings. The van der Waals surface area contributed by atoms with E-state index in [0.717, 1.165) is 26.1 Å². The lowest BCUT2D eigenvalue weighted by Crippen LogP contribution is -2.40. The molecular weight excluding hydrogens is 252 g/mol. The minimum Gasteiger partial charge on any atom is -0.468 e. The molecule has 0 saturated carbocycles. The first-order valence-electron chi connectivity index (χ1n) is 7.25. The summed E-state index contributed by atoms with van der Waals surface area (Å²) in [6.07, 6.45) is 0.738. The van der Waals surface area contributed by atoms with Gasteiger partial charge < -0.3 is 15.0 Å². The molecule has 1 aromatic rings. The van der Waals surface area contributed by atoms with Crippen LogP contribution in [0.5, 0.6) is 0 Å². The van der Waals surface area contributed by atoms with Crippen molar-refractivity contribution in [1.82, 2.24) is 5.32 Å². The maximum atomic E-state index is 11.7. The molecule has 1 N–H and O–H groups in total. The van der Waals surface area contributed by atoms with Crippen molar-refractivity contribution < 1.29 is 9.53 Å². The van der Waals surface area contributed by atoms with Gasteiger partial charge in [-0.25, -0.2) is 0 Å². The Morgan fingerprint density at radius 1 is 1.30 bits per heavy atom. The monoisotopic (exact) mass is 278 g/mol. The van der Waals surface area contributed by atoms with Crippen LogP contribution >= 0.6 is 0 Å². The van der Waals surface area contributed by atoms with Crippen molar-refractivity contribution in [2.24, 2.45) is 0 Å². The summed E-state index contributed by atoms with van der Waals surface area (Å²) in [4.78, 5) is 14.0. The third kappa shape index (κ3) is 4.85. The van der Waals surface area contributed by atoms with E-state index in [9.17, 15) is 4.79 Å². The number of carbonyl (C=O) groups excluding carboxylic acids is 1. The van der Waals surface area contributed by atoms with Gasteiger partial charge in [0.05, 0.1) is 7.11 Å². The molecule has 4 nitrogen and oxygen atoms in total. The SMILES string of the molecule is CCNC(CCN(CC)c1ccc(C)cc1)C(=O)OC. The predicted octanol–water partition coefficient (Wildman–Crippen LogP) is 2.36. The van der Waals surface area contributed by atoms with Gasteiger partial charge in [0.2, 0.25) is 0 Å². The standard InChI is InChI=1S/C16H26N2O2/c1-5-17-15(16(19)20-4)11-12-18(6-2)14-9-7-13(3)8-10-14/h7-10,15,17H,5-6,11-12H2,1-4H3. The number of esters is 1. The molecule has 20 heavy (non-hydrogen) atoms. The fraction of sp³-hybridized carbons (Fsp3) is 0.562. The van der Waals surface area contributed by atoms with Gasteiger partial charge in [-0.2, -0.15) is 0 Å². The molecule has 112 valence electrons. The molecule has 0 bridgehead atoms. The number of carbonyl (C=O) groups is 1. The van der Waals surface area contributed by atoms with Crippen LogP contribution < -0.4 is 10.2 Å². The number of likely N-dealkylation sites (N-methyl/N-ethyl adjacent to an activating group) is 1. The fourth-order valence-electron chi connectivity index (χ4n) is 2.20. The highest BCUT2D eigenvalue weighted by atomic mass is 16.5. The lowest BCUT2D eigenvalue weighted by molar-refractivity contribution is -0.143. The van der Waals surface area contributed by atoms with Gasteiger partial charge in [0.1, 0.15) is 6.04 Å². The molecule has 0 radical (unpaired) electrons. The summed E-state index contributed by atoms with van der Waals surface area (Å²) < 4.78 is 4.83. The lowest BCUT2D eigenvalue weighted by atomic mass is 10.1. The van der Waals surface area contributed by atoms with Gasteiger partial charge >= 0.3 is 5.97 Å². The summed E-state index contributed by atoms with van der Waals surface area (Å²) in [7, 11) is 1.43. The lowest BCUT2D eigenvalue weighted by Gasteiger charge is -2.25. The Balaban J connectivity index is 2.63. The van der Waals surface area contributed by atoms with E-state index in [0.29, 0.717) is 0 Å². The molecule has 1 rings (SSSR count). The topological polar surface area (TPSA) is 41.6 Å². The van der Waals surface area contributed by atoms with E-state index in [1.165, 1.54) is 18.4 Å². The molecule has 0 heterocycles. The van der Waals surface area contributed by atoms with E-state index in [1.807, 2.05) is 6.92 Å². The number of ether oxygens (including phenoxy) is 1. The van der Waals surface area contributed by atoms with Gasteiger partial charge in [0.15, 0.2) is 0 Å². The molecule has 1 unspecified atom stereocenters. The third-order valence-electron chi connectivity index (χ3n) is 3.40. The molecule has 0 amide bonds. The molecule has 0 aliphatic rings. The number of benzene rings is 1. The predicted molar refractivity (Wildman–Crippen MR) is 83.2 cm³/mol. The van der Waals surface area contributed by atoms with E-state index in [2.05, 4.69) is 48.3 Å². The van der Waals surface area contributed by atoms with E-state index >= 15 is 0 Å². The fourth-order valence-corrected chi connectivity index (χ4v) is 2.20. The highest BCUT2D eigenvalue weighted by Crippen LogP contribution is 2.15. The molecule has 0 saturated heterocycles. The quantitative estimate of drug-likeness (QED) is 0.741. The first-order chi connectivity index (χ1) is 9.62. The third-order valence-corrected chi connectivity index (χ3v) is 3.40. The Bertz CT molecular complexity index is 403. The smallest absolute Gasteiger partial charge is 0.322 e. The number of hydrogen-bond acceptors (Lipinski definition) is 4. The summed E-state index contributed by atoms with van der Waals surface area (Å²) in [5.41, 5.74) is 2.45. The molecule has 4 heteroatoms. The van der Waals surface area contributed by atoms with E-state index < -0.39 is 0 Å². The van der Waals surface area contributed by atoms with E-state index in [4.69, 9.17) is 4.74 Å². The summed E-state index contributed by atoms with van der Waals surface area (Å²) >= 11 is 0. The van der Waals surface area contributed by atoms with Crippen molar-refractivity contribution >= 4 is 11.7 Å². The van der Waals surface area contributed by atoms with Gasteiger partial charge in [-0.3, -0.25) is 4.79 Å². The van der Waals surface area contributed by atoms with Crippen molar-refractivity contribution in [3.63, 3.8) is 0 Å². The summed E-state index contributed by atoms with van der Waals surface area (Å²) in [5, 5.41) is 3.17. The number of nitrogens with one attached hydrogen (secondary N) is 1. The second-order valence-corrected chi connectivity index (χ2v) is 4.84.